The lowest BCUT2D eigenvalue weighted by Gasteiger charge is -2.34. The molecule has 0 aliphatic heterocycles. The van der Waals surface area contributed by atoms with Crippen molar-refractivity contribution in [3.63, 3.8) is 0 Å². The summed E-state index contributed by atoms with van der Waals surface area (Å²) in [6.45, 7) is 5.41. The maximum absolute atomic E-state index is 12.9. The van der Waals surface area contributed by atoms with Gasteiger partial charge in [0.15, 0.2) is 0 Å². The fraction of sp³-hybridized carbons (Fsp3) is 0.367. The van der Waals surface area contributed by atoms with Gasteiger partial charge in [-0.1, -0.05) is 81.3 Å². The Hall–Kier alpha value is -3.07. The van der Waals surface area contributed by atoms with Crippen LogP contribution >= 0.6 is 0 Å². The Morgan fingerprint density at radius 1 is 0.848 bits per heavy atom. The van der Waals surface area contributed by atoms with Gasteiger partial charge in [0.1, 0.15) is 0 Å². The summed E-state index contributed by atoms with van der Waals surface area (Å²) in [5.74, 6) is 0.0210. The molecule has 4 rings (SSSR count). The first-order chi connectivity index (χ1) is 16.2. The van der Waals surface area contributed by atoms with Gasteiger partial charge in [0.05, 0.1) is 0 Å². The summed E-state index contributed by atoms with van der Waals surface area (Å²) in [6.07, 6.45) is 6.51. The van der Waals surface area contributed by atoms with Gasteiger partial charge in [-0.2, -0.15) is 0 Å². The highest BCUT2D eigenvalue weighted by atomic mass is 16.1. The lowest BCUT2D eigenvalue weighted by atomic mass is 10.0. The van der Waals surface area contributed by atoms with Gasteiger partial charge in [-0.15, -0.1) is 0 Å². The average molecular weight is 441 g/mol. The van der Waals surface area contributed by atoms with Crippen LogP contribution in [-0.4, -0.2) is 18.0 Å². The van der Waals surface area contributed by atoms with Crippen LogP contribution in [0.5, 0.6) is 0 Å². The van der Waals surface area contributed by atoms with Crippen molar-refractivity contribution in [2.45, 2.75) is 71.0 Å². The molecule has 0 saturated heterocycles. The lowest BCUT2D eigenvalue weighted by molar-refractivity contribution is 0.0938. The van der Waals surface area contributed by atoms with Crippen LogP contribution in [-0.2, 0) is 19.4 Å². The van der Waals surface area contributed by atoms with Gasteiger partial charge in [-0.3, -0.25) is 4.79 Å². The molecule has 172 valence electrons. The fourth-order valence-corrected chi connectivity index (χ4v) is 5.07. The summed E-state index contributed by atoms with van der Waals surface area (Å²) in [5.41, 5.74) is 5.95. The molecule has 0 saturated carbocycles. The van der Waals surface area contributed by atoms with Crippen LogP contribution in [0.25, 0.3) is 0 Å². The number of nitrogens with zero attached hydrogens (tertiary/aromatic N) is 1. The summed E-state index contributed by atoms with van der Waals surface area (Å²) >= 11 is 0. The number of fused-ring (bicyclic) bond motifs is 1. The van der Waals surface area contributed by atoms with Gasteiger partial charge in [0, 0.05) is 29.9 Å². The standard InChI is InChI=1S/C30H36N2O/c1-3-10-28(11-4-2)32(22-23-12-6-5-7-13-23)29-18-16-24(17-19-29)30(33)31-27-20-25-14-8-9-15-26(25)21-27/h5-9,12-19,27-28H,3-4,10-11,20-22H2,1-2H3,(H,31,33). The minimum absolute atomic E-state index is 0.0210. The third-order valence-electron chi connectivity index (χ3n) is 6.73. The highest BCUT2D eigenvalue weighted by Crippen LogP contribution is 2.26. The normalized spacial score (nSPS) is 13.2. The molecule has 0 atom stereocenters. The molecule has 0 unspecified atom stereocenters. The van der Waals surface area contributed by atoms with Crippen LogP contribution in [0.1, 0.15) is 66.6 Å². The summed E-state index contributed by atoms with van der Waals surface area (Å²) in [7, 11) is 0. The number of carbonyl (C=O) groups excluding carboxylic acids is 1. The maximum Gasteiger partial charge on any atom is 0.251 e. The van der Waals surface area contributed by atoms with E-state index in [-0.39, 0.29) is 11.9 Å². The number of rotatable bonds is 10. The van der Waals surface area contributed by atoms with Crippen molar-refractivity contribution in [2.24, 2.45) is 0 Å². The monoisotopic (exact) mass is 440 g/mol. The van der Waals surface area contributed by atoms with Gasteiger partial charge in [0.2, 0.25) is 0 Å². The largest absolute Gasteiger partial charge is 0.364 e. The Kier molecular flexibility index (Phi) is 7.83. The Balaban J connectivity index is 1.47. The van der Waals surface area contributed by atoms with Crippen LogP contribution in [0.2, 0.25) is 0 Å². The van der Waals surface area contributed by atoms with Crippen LogP contribution in [0.3, 0.4) is 0 Å². The third kappa shape index (κ3) is 5.84. The van der Waals surface area contributed by atoms with Crippen molar-refractivity contribution in [3.05, 3.63) is 101 Å². The summed E-state index contributed by atoms with van der Waals surface area (Å²) < 4.78 is 0. The highest BCUT2D eigenvalue weighted by molar-refractivity contribution is 5.94. The van der Waals surface area contributed by atoms with E-state index in [4.69, 9.17) is 0 Å². The molecule has 0 fully saturated rings. The molecule has 1 N–H and O–H groups in total. The second kappa shape index (κ2) is 11.2. The van der Waals surface area contributed by atoms with Gasteiger partial charge in [-0.25, -0.2) is 0 Å². The smallest absolute Gasteiger partial charge is 0.251 e. The molecule has 0 radical (unpaired) electrons. The molecular weight excluding hydrogens is 404 g/mol. The number of amides is 1. The van der Waals surface area contributed by atoms with Crippen LogP contribution in [0, 0.1) is 0 Å². The molecule has 0 aromatic heterocycles. The zero-order valence-electron chi connectivity index (χ0n) is 20.0. The third-order valence-corrected chi connectivity index (χ3v) is 6.73. The minimum atomic E-state index is 0.0210. The molecule has 0 spiro atoms. The predicted molar refractivity (Wildman–Crippen MR) is 138 cm³/mol. The van der Waals surface area contributed by atoms with E-state index in [0.717, 1.165) is 24.9 Å². The van der Waals surface area contributed by atoms with Gasteiger partial charge < -0.3 is 10.2 Å². The molecular formula is C30H36N2O. The first-order valence-corrected chi connectivity index (χ1v) is 12.5. The minimum Gasteiger partial charge on any atom is -0.364 e. The van der Waals surface area contributed by atoms with Gasteiger partial charge >= 0.3 is 0 Å². The van der Waals surface area contributed by atoms with E-state index >= 15 is 0 Å². The molecule has 0 heterocycles. The molecule has 3 heteroatoms. The number of hydrogen-bond acceptors (Lipinski definition) is 2. The summed E-state index contributed by atoms with van der Waals surface area (Å²) in [6, 6.07) is 28.1. The number of hydrogen-bond donors (Lipinski definition) is 1. The molecule has 3 nitrogen and oxygen atoms in total. The second-order valence-electron chi connectivity index (χ2n) is 9.24. The maximum atomic E-state index is 12.9. The van der Waals surface area contributed by atoms with Crippen molar-refractivity contribution < 1.29 is 4.79 Å². The molecule has 1 aliphatic rings. The Morgan fingerprint density at radius 2 is 1.42 bits per heavy atom. The molecule has 0 bridgehead atoms. The lowest BCUT2D eigenvalue weighted by Crippen LogP contribution is -2.36. The van der Waals surface area contributed by atoms with E-state index in [2.05, 4.69) is 90.8 Å². The van der Waals surface area contributed by atoms with E-state index in [1.54, 1.807) is 0 Å². The first kappa shape index (κ1) is 23.1. The predicted octanol–water partition coefficient (Wildman–Crippen LogP) is 6.56. The van der Waals surface area contributed by atoms with E-state index in [9.17, 15) is 4.79 Å². The van der Waals surface area contributed by atoms with Crippen molar-refractivity contribution >= 4 is 11.6 Å². The van der Waals surface area contributed by atoms with Gasteiger partial charge in [0.25, 0.3) is 5.91 Å². The van der Waals surface area contributed by atoms with E-state index in [0.29, 0.717) is 6.04 Å². The SMILES string of the molecule is CCCC(CCC)N(Cc1ccccc1)c1ccc(C(=O)NC2Cc3ccccc3C2)cc1. The van der Waals surface area contributed by atoms with Crippen molar-refractivity contribution in [1.82, 2.24) is 5.32 Å². The second-order valence-corrected chi connectivity index (χ2v) is 9.24. The zero-order chi connectivity index (χ0) is 23.0. The zero-order valence-corrected chi connectivity index (χ0v) is 20.0. The van der Waals surface area contributed by atoms with E-state index in [1.165, 1.54) is 48.1 Å². The number of carbonyl (C=O) groups is 1. The van der Waals surface area contributed by atoms with Gasteiger partial charge in [-0.05, 0) is 66.6 Å². The Bertz CT molecular complexity index is 998. The molecule has 3 aromatic rings. The van der Waals surface area contributed by atoms with Crippen molar-refractivity contribution in [3.8, 4) is 0 Å². The number of anilines is 1. The van der Waals surface area contributed by atoms with E-state index in [1.807, 2.05) is 12.1 Å². The van der Waals surface area contributed by atoms with Crippen LogP contribution in [0.15, 0.2) is 78.9 Å². The van der Waals surface area contributed by atoms with Crippen molar-refractivity contribution in [1.29, 1.82) is 0 Å². The van der Waals surface area contributed by atoms with Crippen LogP contribution < -0.4 is 10.2 Å². The molecule has 1 amide bonds. The average Bonchev–Trinajstić information content (AvgIpc) is 3.25. The topological polar surface area (TPSA) is 32.3 Å². The highest BCUT2D eigenvalue weighted by Gasteiger charge is 2.23. The quantitative estimate of drug-likeness (QED) is 0.387. The van der Waals surface area contributed by atoms with Crippen LogP contribution in [0.4, 0.5) is 5.69 Å². The number of benzene rings is 3. The van der Waals surface area contributed by atoms with E-state index < -0.39 is 0 Å². The van der Waals surface area contributed by atoms with Crippen molar-refractivity contribution in [2.75, 3.05) is 4.90 Å². The molecule has 33 heavy (non-hydrogen) atoms. The molecule has 3 aromatic carbocycles. The first-order valence-electron chi connectivity index (χ1n) is 12.5. The Morgan fingerprint density at radius 3 is 2.00 bits per heavy atom. The number of nitrogens with one attached hydrogen (secondary N) is 1. The summed E-state index contributed by atoms with van der Waals surface area (Å²) in [4.78, 5) is 15.5. The molecule has 1 aliphatic carbocycles. The summed E-state index contributed by atoms with van der Waals surface area (Å²) in [5, 5.41) is 3.24. The fourth-order valence-electron chi connectivity index (χ4n) is 5.07. The Labute approximate surface area is 198 Å².